The van der Waals surface area contributed by atoms with Crippen molar-refractivity contribution < 1.29 is 13.2 Å². The van der Waals surface area contributed by atoms with Gasteiger partial charge in [-0.1, -0.05) is 6.42 Å². The Morgan fingerprint density at radius 3 is 2.62 bits per heavy atom. The summed E-state index contributed by atoms with van der Waals surface area (Å²) in [5, 5.41) is 3.61. The monoisotopic (exact) mass is 321 g/mol. The Hall–Kier alpha value is -1.22. The first-order valence-corrected chi connectivity index (χ1v) is 7.93. The van der Waals surface area contributed by atoms with Gasteiger partial charge in [-0.05, 0) is 25.5 Å². The first-order valence-electron chi connectivity index (χ1n) is 6.64. The topological polar surface area (TPSA) is 75.9 Å². The summed E-state index contributed by atoms with van der Waals surface area (Å²) in [6.07, 6.45) is 1.49. The minimum atomic E-state index is -4.60. The number of halogens is 3. The molecular formula is C12H18F3N5S. The largest absolute Gasteiger partial charge is 0.451 e. The van der Waals surface area contributed by atoms with Gasteiger partial charge in [0.2, 0.25) is 5.82 Å². The third-order valence-electron chi connectivity index (χ3n) is 3.44. The summed E-state index contributed by atoms with van der Waals surface area (Å²) in [7, 11) is 0. The van der Waals surface area contributed by atoms with E-state index in [2.05, 4.69) is 27.0 Å². The molecule has 4 N–H and O–H groups in total. The fourth-order valence-electron chi connectivity index (χ4n) is 2.42. The van der Waals surface area contributed by atoms with Crippen LogP contribution in [0.4, 0.5) is 24.8 Å². The fraction of sp³-hybridized carbons (Fsp3) is 0.667. The van der Waals surface area contributed by atoms with Crippen LogP contribution in [0.1, 0.15) is 31.5 Å². The Balaban J connectivity index is 2.15. The molecule has 1 saturated carbocycles. The van der Waals surface area contributed by atoms with Gasteiger partial charge in [0.1, 0.15) is 11.6 Å². The van der Waals surface area contributed by atoms with Crippen molar-refractivity contribution in [3.05, 3.63) is 11.9 Å². The van der Waals surface area contributed by atoms with Gasteiger partial charge in [-0.25, -0.2) is 15.8 Å². The number of nitrogens with two attached hydrogens (primary N) is 1. The number of rotatable bonds is 4. The summed E-state index contributed by atoms with van der Waals surface area (Å²) in [6.45, 7) is 0. The highest BCUT2D eigenvalue weighted by Gasteiger charge is 2.35. The van der Waals surface area contributed by atoms with Gasteiger partial charge in [-0.3, -0.25) is 0 Å². The van der Waals surface area contributed by atoms with E-state index in [0.717, 1.165) is 25.7 Å². The van der Waals surface area contributed by atoms with Crippen molar-refractivity contribution in [2.75, 3.05) is 17.0 Å². The van der Waals surface area contributed by atoms with Crippen LogP contribution in [0.25, 0.3) is 0 Å². The summed E-state index contributed by atoms with van der Waals surface area (Å²) in [6, 6.07) is 1.51. The Kier molecular flexibility index (Phi) is 5.15. The smallest absolute Gasteiger partial charge is 0.367 e. The Morgan fingerprint density at radius 2 is 2.00 bits per heavy atom. The van der Waals surface area contributed by atoms with Crippen LogP contribution in [0, 0.1) is 0 Å². The molecule has 0 saturated heterocycles. The number of anilines is 2. The van der Waals surface area contributed by atoms with Crippen LogP contribution in [-0.2, 0) is 6.18 Å². The van der Waals surface area contributed by atoms with Crippen molar-refractivity contribution in [3.8, 4) is 0 Å². The maximum absolute atomic E-state index is 12.8. The molecule has 21 heavy (non-hydrogen) atoms. The number of aromatic nitrogens is 2. The summed E-state index contributed by atoms with van der Waals surface area (Å²) >= 11 is 1.79. The number of alkyl halides is 3. The zero-order valence-corrected chi connectivity index (χ0v) is 12.4. The standard InChI is InChI=1S/C12H18F3N5S/c1-21-8-4-2-3-7(5-8)17-9-6-10(20-16)19-11(18-9)12(13,14)15/h6-8H,2-5,16H2,1H3,(H2,17,18,19,20). The molecular weight excluding hydrogens is 303 g/mol. The molecule has 1 aromatic heterocycles. The highest BCUT2D eigenvalue weighted by atomic mass is 32.2. The zero-order chi connectivity index (χ0) is 15.5. The van der Waals surface area contributed by atoms with Crippen LogP contribution >= 0.6 is 11.8 Å². The van der Waals surface area contributed by atoms with Gasteiger partial charge in [0.05, 0.1) is 0 Å². The SMILES string of the molecule is CSC1CCCC(Nc2cc(NN)nc(C(F)(F)F)n2)C1. The van der Waals surface area contributed by atoms with Gasteiger partial charge < -0.3 is 10.7 Å². The first-order chi connectivity index (χ1) is 9.92. The van der Waals surface area contributed by atoms with E-state index in [9.17, 15) is 13.2 Å². The predicted octanol–water partition coefficient (Wildman–Crippen LogP) is 2.87. The van der Waals surface area contributed by atoms with Gasteiger partial charge in [0, 0.05) is 17.4 Å². The third kappa shape index (κ3) is 4.37. The average Bonchev–Trinajstić information content (AvgIpc) is 2.46. The molecule has 0 bridgehead atoms. The third-order valence-corrected chi connectivity index (χ3v) is 4.53. The summed E-state index contributed by atoms with van der Waals surface area (Å²) in [5.74, 6) is 4.06. The predicted molar refractivity (Wildman–Crippen MR) is 78.0 cm³/mol. The molecule has 1 aromatic rings. The van der Waals surface area contributed by atoms with Gasteiger partial charge in [0.25, 0.3) is 0 Å². The highest BCUT2D eigenvalue weighted by Crippen LogP contribution is 2.31. The number of hydrazine groups is 1. The number of thioether (sulfide) groups is 1. The van der Waals surface area contributed by atoms with E-state index < -0.39 is 12.0 Å². The van der Waals surface area contributed by atoms with Crippen molar-refractivity contribution in [2.24, 2.45) is 5.84 Å². The zero-order valence-electron chi connectivity index (χ0n) is 11.6. The molecule has 1 fully saturated rings. The second-order valence-corrected chi connectivity index (χ2v) is 6.11. The second kappa shape index (κ2) is 6.69. The molecule has 0 aromatic carbocycles. The lowest BCUT2D eigenvalue weighted by Crippen LogP contribution is -2.29. The molecule has 5 nitrogen and oxygen atoms in total. The molecule has 2 rings (SSSR count). The van der Waals surface area contributed by atoms with Crippen LogP contribution in [0.3, 0.4) is 0 Å². The van der Waals surface area contributed by atoms with Crippen molar-refractivity contribution in [1.29, 1.82) is 0 Å². The number of nitrogens with one attached hydrogen (secondary N) is 2. The molecule has 9 heteroatoms. The summed E-state index contributed by atoms with van der Waals surface area (Å²) in [4.78, 5) is 6.88. The normalized spacial score (nSPS) is 22.9. The molecule has 0 spiro atoms. The summed E-state index contributed by atoms with van der Waals surface area (Å²) in [5.41, 5.74) is 2.14. The first kappa shape index (κ1) is 16.2. The lowest BCUT2D eigenvalue weighted by atomic mass is 9.95. The maximum Gasteiger partial charge on any atom is 0.451 e. The van der Waals surface area contributed by atoms with E-state index >= 15 is 0 Å². The van der Waals surface area contributed by atoms with Crippen molar-refractivity contribution in [1.82, 2.24) is 9.97 Å². The van der Waals surface area contributed by atoms with Gasteiger partial charge in [-0.15, -0.1) is 0 Å². The Labute approximate surface area is 125 Å². The number of hydrogen-bond acceptors (Lipinski definition) is 6. The van der Waals surface area contributed by atoms with E-state index in [4.69, 9.17) is 5.84 Å². The van der Waals surface area contributed by atoms with Crippen LogP contribution < -0.4 is 16.6 Å². The highest BCUT2D eigenvalue weighted by molar-refractivity contribution is 7.99. The molecule has 1 heterocycles. The minimum absolute atomic E-state index is 0.0583. The number of nitrogens with zero attached hydrogens (tertiary/aromatic N) is 2. The second-order valence-electron chi connectivity index (χ2n) is 4.97. The Bertz CT molecular complexity index is 482. The van der Waals surface area contributed by atoms with Crippen LogP contribution in [-0.4, -0.2) is 27.5 Å². The minimum Gasteiger partial charge on any atom is -0.367 e. The van der Waals surface area contributed by atoms with E-state index in [1.165, 1.54) is 6.07 Å². The quantitative estimate of drug-likeness (QED) is 0.585. The van der Waals surface area contributed by atoms with E-state index in [0.29, 0.717) is 5.25 Å². The molecule has 0 amide bonds. The van der Waals surface area contributed by atoms with Gasteiger partial charge >= 0.3 is 6.18 Å². The molecule has 2 unspecified atom stereocenters. The molecule has 0 radical (unpaired) electrons. The molecule has 2 atom stereocenters. The molecule has 1 aliphatic rings. The molecule has 0 aliphatic heterocycles. The van der Waals surface area contributed by atoms with Crippen LogP contribution in [0.2, 0.25) is 0 Å². The van der Waals surface area contributed by atoms with E-state index in [-0.39, 0.29) is 17.7 Å². The lowest BCUT2D eigenvalue weighted by molar-refractivity contribution is -0.144. The average molecular weight is 321 g/mol. The van der Waals surface area contributed by atoms with Gasteiger partial charge in [0.15, 0.2) is 0 Å². The lowest BCUT2D eigenvalue weighted by Gasteiger charge is -2.29. The van der Waals surface area contributed by atoms with Crippen molar-refractivity contribution in [2.45, 2.75) is 43.2 Å². The molecule has 118 valence electrons. The fourth-order valence-corrected chi connectivity index (χ4v) is 3.25. The van der Waals surface area contributed by atoms with Crippen LogP contribution in [0.5, 0.6) is 0 Å². The van der Waals surface area contributed by atoms with E-state index in [1.54, 1.807) is 11.8 Å². The van der Waals surface area contributed by atoms with E-state index in [1.807, 2.05) is 0 Å². The Morgan fingerprint density at radius 1 is 1.29 bits per heavy atom. The summed E-state index contributed by atoms with van der Waals surface area (Å²) < 4.78 is 38.3. The van der Waals surface area contributed by atoms with Crippen molar-refractivity contribution in [3.63, 3.8) is 0 Å². The van der Waals surface area contributed by atoms with Gasteiger partial charge in [-0.2, -0.15) is 24.9 Å². The van der Waals surface area contributed by atoms with Crippen LogP contribution in [0.15, 0.2) is 6.07 Å². The maximum atomic E-state index is 12.8. The van der Waals surface area contributed by atoms with Crippen molar-refractivity contribution >= 4 is 23.4 Å². The number of nitrogen functional groups attached to an aromatic ring is 1. The molecule has 1 aliphatic carbocycles. The number of hydrogen-bond donors (Lipinski definition) is 3.